The molecule has 102 valence electrons. The van der Waals surface area contributed by atoms with Crippen LogP contribution in [0.5, 0.6) is 0 Å². The van der Waals surface area contributed by atoms with Crippen molar-refractivity contribution in [3.8, 4) is 0 Å². The lowest BCUT2D eigenvalue weighted by Gasteiger charge is -2.03. The Hall–Kier alpha value is -2.67. The maximum atomic E-state index is 12.4. The van der Waals surface area contributed by atoms with E-state index in [2.05, 4.69) is 6.07 Å². The lowest BCUT2D eigenvalue weighted by atomic mass is 10.0. The van der Waals surface area contributed by atoms with Gasteiger partial charge < -0.3 is 0 Å². The summed E-state index contributed by atoms with van der Waals surface area (Å²) in [6, 6.07) is 23.9. The standard InChI is InChI=1S/C20H16O/c1-15(16-7-3-2-4-8-16)13-20(21)19-12-11-17-9-5-6-10-18(17)14-19/h2-14H,1H3/b15-13+. The van der Waals surface area contributed by atoms with Gasteiger partial charge in [0.1, 0.15) is 0 Å². The molecule has 0 fully saturated rings. The van der Waals surface area contributed by atoms with E-state index in [1.165, 1.54) is 0 Å². The van der Waals surface area contributed by atoms with Crippen LogP contribution in [0.4, 0.5) is 0 Å². The fourth-order valence-electron chi connectivity index (χ4n) is 2.41. The highest BCUT2D eigenvalue weighted by Gasteiger charge is 2.05. The molecule has 0 atom stereocenters. The molecule has 0 saturated carbocycles. The zero-order chi connectivity index (χ0) is 14.7. The molecule has 0 unspecified atom stereocenters. The summed E-state index contributed by atoms with van der Waals surface area (Å²) in [6.07, 6.45) is 1.71. The number of allylic oxidation sites excluding steroid dienone is 2. The van der Waals surface area contributed by atoms with Gasteiger partial charge in [-0.25, -0.2) is 0 Å². The van der Waals surface area contributed by atoms with Gasteiger partial charge in [-0.15, -0.1) is 0 Å². The average molecular weight is 272 g/mol. The van der Waals surface area contributed by atoms with Gasteiger partial charge in [-0.1, -0.05) is 66.7 Å². The number of benzene rings is 3. The molecule has 21 heavy (non-hydrogen) atoms. The molecular formula is C20H16O. The van der Waals surface area contributed by atoms with Gasteiger partial charge in [-0.05, 0) is 41.0 Å². The van der Waals surface area contributed by atoms with Crippen molar-refractivity contribution >= 4 is 22.1 Å². The van der Waals surface area contributed by atoms with Crippen LogP contribution in [-0.2, 0) is 0 Å². The third-order valence-corrected chi connectivity index (χ3v) is 3.61. The molecule has 3 rings (SSSR count). The largest absolute Gasteiger partial charge is 0.289 e. The van der Waals surface area contributed by atoms with Gasteiger partial charge in [-0.3, -0.25) is 4.79 Å². The summed E-state index contributed by atoms with van der Waals surface area (Å²) in [5.74, 6) is 0.0436. The molecular weight excluding hydrogens is 256 g/mol. The second-order valence-corrected chi connectivity index (χ2v) is 5.12. The molecule has 0 aromatic heterocycles. The highest BCUT2D eigenvalue weighted by molar-refractivity contribution is 6.10. The number of ketones is 1. The average Bonchev–Trinajstić information content (AvgIpc) is 2.55. The molecule has 0 aliphatic heterocycles. The molecule has 1 nitrogen and oxygen atoms in total. The normalized spacial score (nSPS) is 11.6. The minimum Gasteiger partial charge on any atom is -0.289 e. The topological polar surface area (TPSA) is 17.1 Å². The number of rotatable bonds is 3. The van der Waals surface area contributed by atoms with Crippen molar-refractivity contribution in [2.75, 3.05) is 0 Å². The predicted molar refractivity (Wildman–Crippen MR) is 88.4 cm³/mol. The Morgan fingerprint density at radius 3 is 2.19 bits per heavy atom. The first-order valence-electron chi connectivity index (χ1n) is 7.01. The van der Waals surface area contributed by atoms with E-state index in [9.17, 15) is 4.79 Å². The predicted octanol–water partition coefficient (Wildman–Crippen LogP) is 5.13. The quantitative estimate of drug-likeness (QED) is 0.477. The van der Waals surface area contributed by atoms with E-state index < -0.39 is 0 Å². The minimum atomic E-state index is 0.0436. The van der Waals surface area contributed by atoms with Crippen LogP contribution in [0.3, 0.4) is 0 Å². The van der Waals surface area contributed by atoms with Gasteiger partial charge in [0.15, 0.2) is 5.78 Å². The van der Waals surface area contributed by atoms with Crippen LogP contribution < -0.4 is 0 Å². The summed E-state index contributed by atoms with van der Waals surface area (Å²) in [6.45, 7) is 1.97. The molecule has 0 amide bonds. The number of carbonyl (C=O) groups excluding carboxylic acids is 1. The minimum absolute atomic E-state index is 0.0436. The van der Waals surface area contributed by atoms with E-state index in [4.69, 9.17) is 0 Å². The van der Waals surface area contributed by atoms with E-state index in [1.54, 1.807) is 6.08 Å². The third kappa shape index (κ3) is 2.92. The monoisotopic (exact) mass is 272 g/mol. The summed E-state index contributed by atoms with van der Waals surface area (Å²) >= 11 is 0. The molecule has 0 spiro atoms. The molecule has 0 bridgehead atoms. The molecule has 0 N–H and O–H groups in total. The van der Waals surface area contributed by atoms with Crippen LogP contribution in [0.1, 0.15) is 22.8 Å². The van der Waals surface area contributed by atoms with Gasteiger partial charge in [0.2, 0.25) is 0 Å². The summed E-state index contributed by atoms with van der Waals surface area (Å²) < 4.78 is 0. The lowest BCUT2D eigenvalue weighted by Crippen LogP contribution is -1.95. The van der Waals surface area contributed by atoms with Gasteiger partial charge in [0.25, 0.3) is 0 Å². The maximum Gasteiger partial charge on any atom is 0.186 e. The maximum absolute atomic E-state index is 12.4. The Bertz CT molecular complexity index is 813. The van der Waals surface area contributed by atoms with Crippen molar-refractivity contribution in [1.82, 2.24) is 0 Å². The first-order valence-corrected chi connectivity index (χ1v) is 7.01. The summed E-state index contributed by atoms with van der Waals surface area (Å²) in [5.41, 5.74) is 2.78. The molecule has 1 heteroatoms. The van der Waals surface area contributed by atoms with E-state index in [0.29, 0.717) is 0 Å². The summed E-state index contributed by atoms with van der Waals surface area (Å²) in [7, 11) is 0. The highest BCUT2D eigenvalue weighted by Crippen LogP contribution is 2.18. The first-order chi connectivity index (χ1) is 10.2. The second kappa shape index (κ2) is 5.76. The molecule has 0 radical (unpaired) electrons. The van der Waals surface area contributed by atoms with E-state index >= 15 is 0 Å². The second-order valence-electron chi connectivity index (χ2n) is 5.12. The van der Waals surface area contributed by atoms with Crippen LogP contribution in [-0.4, -0.2) is 5.78 Å². The highest BCUT2D eigenvalue weighted by atomic mass is 16.1. The van der Waals surface area contributed by atoms with Crippen molar-refractivity contribution in [2.24, 2.45) is 0 Å². The molecule has 3 aromatic rings. The van der Waals surface area contributed by atoms with E-state index in [0.717, 1.165) is 27.5 Å². The van der Waals surface area contributed by atoms with Gasteiger partial charge in [0, 0.05) is 5.56 Å². The van der Waals surface area contributed by atoms with Crippen molar-refractivity contribution in [2.45, 2.75) is 6.92 Å². The lowest BCUT2D eigenvalue weighted by molar-refractivity contribution is 0.104. The van der Waals surface area contributed by atoms with E-state index in [-0.39, 0.29) is 5.78 Å². The number of hydrogen-bond acceptors (Lipinski definition) is 1. The van der Waals surface area contributed by atoms with Crippen LogP contribution in [0.15, 0.2) is 78.9 Å². The van der Waals surface area contributed by atoms with Gasteiger partial charge >= 0.3 is 0 Å². The van der Waals surface area contributed by atoms with Crippen molar-refractivity contribution < 1.29 is 4.79 Å². The molecule has 0 aliphatic carbocycles. The Labute approximate surface area is 124 Å². The fraction of sp³-hybridized carbons (Fsp3) is 0.0500. The van der Waals surface area contributed by atoms with Gasteiger partial charge in [0.05, 0.1) is 0 Å². The zero-order valence-electron chi connectivity index (χ0n) is 11.9. The molecule has 0 heterocycles. The van der Waals surface area contributed by atoms with Gasteiger partial charge in [-0.2, -0.15) is 0 Å². The van der Waals surface area contributed by atoms with Crippen LogP contribution in [0.25, 0.3) is 16.3 Å². The summed E-state index contributed by atoms with van der Waals surface area (Å²) in [4.78, 5) is 12.4. The van der Waals surface area contributed by atoms with Crippen molar-refractivity contribution in [1.29, 1.82) is 0 Å². The number of fused-ring (bicyclic) bond motifs is 1. The Morgan fingerprint density at radius 1 is 0.762 bits per heavy atom. The van der Waals surface area contributed by atoms with Crippen LogP contribution in [0.2, 0.25) is 0 Å². The first kappa shape index (κ1) is 13.3. The number of hydrogen-bond donors (Lipinski definition) is 0. The Kier molecular flexibility index (Phi) is 3.65. The zero-order valence-corrected chi connectivity index (χ0v) is 11.9. The SMILES string of the molecule is C/C(=C\C(=O)c1ccc2ccccc2c1)c1ccccc1. The molecule has 0 saturated heterocycles. The van der Waals surface area contributed by atoms with E-state index in [1.807, 2.05) is 73.7 Å². The van der Waals surface area contributed by atoms with Crippen LogP contribution in [0, 0.1) is 0 Å². The van der Waals surface area contributed by atoms with Crippen molar-refractivity contribution in [3.05, 3.63) is 90.0 Å². The van der Waals surface area contributed by atoms with Crippen molar-refractivity contribution in [3.63, 3.8) is 0 Å². The Balaban J connectivity index is 1.93. The fourth-order valence-corrected chi connectivity index (χ4v) is 2.41. The third-order valence-electron chi connectivity index (χ3n) is 3.61. The number of carbonyl (C=O) groups is 1. The summed E-state index contributed by atoms with van der Waals surface area (Å²) in [5, 5.41) is 2.24. The smallest absolute Gasteiger partial charge is 0.186 e. The Morgan fingerprint density at radius 2 is 1.43 bits per heavy atom. The molecule has 0 aliphatic rings. The van der Waals surface area contributed by atoms with Crippen LogP contribution >= 0.6 is 0 Å². The molecule has 3 aromatic carbocycles.